The molecule has 11 nitrogen and oxygen atoms in total. The number of rotatable bonds is 4. The molecule has 168 valence electrons. The molecule has 2 saturated heterocycles. The lowest BCUT2D eigenvalue weighted by Crippen LogP contribution is -2.52. The molecule has 2 fully saturated rings. The number of piperidine rings is 1. The molecule has 1 unspecified atom stereocenters. The quantitative estimate of drug-likeness (QED) is 0.584. The van der Waals surface area contributed by atoms with E-state index in [2.05, 4.69) is 20.7 Å². The number of benzene rings is 1. The molecular formula is C22H21N7O4. The molecule has 33 heavy (non-hydrogen) atoms. The Morgan fingerprint density at radius 3 is 2.73 bits per heavy atom. The van der Waals surface area contributed by atoms with Crippen molar-refractivity contribution in [3.8, 4) is 11.3 Å². The van der Waals surface area contributed by atoms with E-state index in [1.807, 2.05) is 40.0 Å². The van der Waals surface area contributed by atoms with Crippen molar-refractivity contribution in [2.24, 2.45) is 0 Å². The highest BCUT2D eigenvalue weighted by molar-refractivity contribution is 6.05. The van der Waals surface area contributed by atoms with Crippen molar-refractivity contribution in [2.45, 2.75) is 37.5 Å². The molecule has 3 atom stereocenters. The zero-order valence-corrected chi connectivity index (χ0v) is 17.6. The van der Waals surface area contributed by atoms with Crippen LogP contribution >= 0.6 is 0 Å². The summed E-state index contributed by atoms with van der Waals surface area (Å²) in [7, 11) is 0. The molecular weight excluding hydrogens is 426 g/mol. The van der Waals surface area contributed by atoms with Gasteiger partial charge < -0.3 is 9.64 Å². The first-order valence-corrected chi connectivity index (χ1v) is 10.8. The predicted molar refractivity (Wildman–Crippen MR) is 113 cm³/mol. The summed E-state index contributed by atoms with van der Waals surface area (Å²) in [5.74, 6) is -0.908. The number of imide groups is 1. The van der Waals surface area contributed by atoms with E-state index >= 15 is 0 Å². The molecule has 11 heteroatoms. The summed E-state index contributed by atoms with van der Waals surface area (Å²) in [4.78, 5) is 38.2. The summed E-state index contributed by atoms with van der Waals surface area (Å²) in [6.07, 6.45) is 6.11. The minimum atomic E-state index is -0.631. The van der Waals surface area contributed by atoms with Gasteiger partial charge in [0.1, 0.15) is 17.8 Å². The monoisotopic (exact) mass is 447 g/mol. The van der Waals surface area contributed by atoms with E-state index in [0.29, 0.717) is 37.4 Å². The lowest BCUT2D eigenvalue weighted by Gasteiger charge is -2.29. The largest absolute Gasteiger partial charge is 0.377 e. The normalized spacial score (nSPS) is 24.9. The van der Waals surface area contributed by atoms with Gasteiger partial charge in [0.25, 0.3) is 5.91 Å². The number of carbonyl (C=O) groups excluding carboxylic acids is 3. The molecule has 0 aliphatic carbocycles. The van der Waals surface area contributed by atoms with Gasteiger partial charge in [-0.05, 0) is 30.2 Å². The third-order valence-corrected chi connectivity index (χ3v) is 6.56. The van der Waals surface area contributed by atoms with Crippen LogP contribution < -0.4 is 5.32 Å². The number of aromatic nitrogens is 5. The molecule has 6 rings (SSSR count). The number of amides is 3. The summed E-state index contributed by atoms with van der Waals surface area (Å²) in [5.41, 5.74) is 2.93. The first-order valence-electron chi connectivity index (χ1n) is 10.8. The second-order valence-corrected chi connectivity index (χ2v) is 8.51. The summed E-state index contributed by atoms with van der Waals surface area (Å²) < 4.78 is 9.36. The zero-order valence-electron chi connectivity index (χ0n) is 17.6. The lowest BCUT2D eigenvalue weighted by atomic mass is 10.0. The van der Waals surface area contributed by atoms with Gasteiger partial charge in [0.2, 0.25) is 11.8 Å². The van der Waals surface area contributed by atoms with Crippen LogP contribution in [0, 0.1) is 0 Å². The SMILES string of the molecule is O=C1CCC(N2Cc3cc(-c4cn([C@@H]5COC[C@@H]5n5cccn5)nn4)ccc3C2=O)C(=O)N1. The molecule has 3 amide bonds. The van der Waals surface area contributed by atoms with Crippen LogP contribution in [0.25, 0.3) is 11.3 Å². The standard InChI is InChI=1S/C22H21N7O4/c30-20-5-4-17(21(31)24-20)27-9-14-8-13(2-3-15(14)22(27)32)16-10-29(26-25-16)19-12-33-11-18(19)28-7-1-6-23-28/h1-3,6-8,10,17-19H,4-5,9,11-12H2,(H,24,30,31)/t17?,18-,19+/m0/s1. The van der Waals surface area contributed by atoms with Gasteiger partial charge in [-0.25, -0.2) is 4.68 Å². The van der Waals surface area contributed by atoms with Crippen LogP contribution in [0.1, 0.15) is 40.8 Å². The Morgan fingerprint density at radius 1 is 1.09 bits per heavy atom. The third-order valence-electron chi connectivity index (χ3n) is 6.56. The van der Waals surface area contributed by atoms with Crippen molar-refractivity contribution < 1.29 is 19.1 Å². The van der Waals surface area contributed by atoms with Crippen LogP contribution in [-0.2, 0) is 20.9 Å². The smallest absolute Gasteiger partial charge is 0.255 e. The minimum Gasteiger partial charge on any atom is -0.377 e. The van der Waals surface area contributed by atoms with Gasteiger partial charge in [-0.2, -0.15) is 5.10 Å². The number of carbonyl (C=O) groups is 3. The number of nitrogens with one attached hydrogen (secondary N) is 1. The maximum Gasteiger partial charge on any atom is 0.255 e. The van der Waals surface area contributed by atoms with Gasteiger partial charge in [-0.15, -0.1) is 5.10 Å². The van der Waals surface area contributed by atoms with Gasteiger partial charge in [-0.1, -0.05) is 11.3 Å². The Balaban J connectivity index is 1.23. The molecule has 3 aliphatic rings. The van der Waals surface area contributed by atoms with Crippen molar-refractivity contribution in [3.63, 3.8) is 0 Å². The predicted octanol–water partition coefficient (Wildman–Crippen LogP) is 0.715. The Hall–Kier alpha value is -3.86. The number of hydrogen-bond donors (Lipinski definition) is 1. The third kappa shape index (κ3) is 3.32. The van der Waals surface area contributed by atoms with Crippen molar-refractivity contribution >= 4 is 17.7 Å². The van der Waals surface area contributed by atoms with E-state index in [-0.39, 0.29) is 30.3 Å². The van der Waals surface area contributed by atoms with Gasteiger partial charge in [0.15, 0.2) is 0 Å². The fourth-order valence-corrected chi connectivity index (χ4v) is 4.82. The van der Waals surface area contributed by atoms with Gasteiger partial charge in [0.05, 0.1) is 25.5 Å². The van der Waals surface area contributed by atoms with E-state index in [1.165, 1.54) is 4.90 Å². The van der Waals surface area contributed by atoms with Crippen LogP contribution in [0.5, 0.6) is 0 Å². The number of nitrogens with zero attached hydrogens (tertiary/aromatic N) is 6. The van der Waals surface area contributed by atoms with E-state index in [0.717, 1.165) is 11.1 Å². The lowest BCUT2D eigenvalue weighted by molar-refractivity contribution is -0.136. The molecule has 5 heterocycles. The highest BCUT2D eigenvalue weighted by atomic mass is 16.5. The number of hydrogen-bond acceptors (Lipinski definition) is 7. The van der Waals surface area contributed by atoms with Gasteiger partial charge >= 0.3 is 0 Å². The highest BCUT2D eigenvalue weighted by Crippen LogP contribution is 2.32. The zero-order chi connectivity index (χ0) is 22.5. The number of ether oxygens (including phenoxy) is 1. The van der Waals surface area contributed by atoms with Crippen LogP contribution in [-0.4, -0.2) is 66.7 Å². The topological polar surface area (TPSA) is 124 Å². The Labute approximate surface area is 188 Å². The number of fused-ring (bicyclic) bond motifs is 1. The van der Waals surface area contributed by atoms with Crippen molar-refractivity contribution in [1.29, 1.82) is 0 Å². The summed E-state index contributed by atoms with van der Waals surface area (Å²) in [6, 6.07) is 6.79. The fraction of sp³-hybridized carbons (Fsp3) is 0.364. The molecule has 3 aromatic rings. The second kappa shape index (κ2) is 7.62. The van der Waals surface area contributed by atoms with Crippen molar-refractivity contribution in [1.82, 2.24) is 35.0 Å². The van der Waals surface area contributed by atoms with E-state index in [1.54, 1.807) is 12.3 Å². The summed E-state index contributed by atoms with van der Waals surface area (Å²) in [5, 5.41) is 15.3. The molecule has 3 aliphatic heterocycles. The molecule has 2 aromatic heterocycles. The first-order chi connectivity index (χ1) is 16.1. The maximum absolute atomic E-state index is 12.9. The van der Waals surface area contributed by atoms with Gasteiger partial charge in [-0.3, -0.25) is 24.4 Å². The van der Waals surface area contributed by atoms with Crippen LogP contribution in [0.3, 0.4) is 0 Å². The van der Waals surface area contributed by atoms with Crippen LogP contribution in [0.4, 0.5) is 0 Å². The first kappa shape index (κ1) is 19.8. The molecule has 0 spiro atoms. The molecule has 0 saturated carbocycles. The molecule has 0 bridgehead atoms. The Bertz CT molecular complexity index is 1250. The van der Waals surface area contributed by atoms with Crippen LogP contribution in [0.2, 0.25) is 0 Å². The second-order valence-electron chi connectivity index (χ2n) is 8.51. The Morgan fingerprint density at radius 2 is 1.94 bits per heavy atom. The molecule has 0 radical (unpaired) electrons. The average Bonchev–Trinajstić information content (AvgIpc) is 3.59. The molecule has 1 N–H and O–H groups in total. The highest BCUT2D eigenvalue weighted by Gasteiger charge is 2.39. The van der Waals surface area contributed by atoms with Crippen LogP contribution in [0.15, 0.2) is 42.9 Å². The average molecular weight is 447 g/mol. The van der Waals surface area contributed by atoms with Gasteiger partial charge in [0, 0.05) is 36.5 Å². The minimum absolute atomic E-state index is 0.0230. The maximum atomic E-state index is 12.9. The van der Waals surface area contributed by atoms with Crippen molar-refractivity contribution in [2.75, 3.05) is 13.2 Å². The summed E-state index contributed by atoms with van der Waals surface area (Å²) >= 11 is 0. The van der Waals surface area contributed by atoms with Crippen molar-refractivity contribution in [3.05, 3.63) is 54.0 Å². The fourth-order valence-electron chi connectivity index (χ4n) is 4.82. The summed E-state index contributed by atoms with van der Waals surface area (Å²) in [6.45, 7) is 1.39. The van der Waals surface area contributed by atoms with E-state index in [4.69, 9.17) is 4.74 Å². The van der Waals surface area contributed by atoms with E-state index in [9.17, 15) is 14.4 Å². The molecule has 1 aromatic carbocycles. The van der Waals surface area contributed by atoms with E-state index < -0.39 is 11.9 Å². The Kier molecular flexibility index (Phi) is 4.57.